The van der Waals surface area contributed by atoms with Crippen molar-refractivity contribution < 1.29 is 0 Å². The normalized spacial score (nSPS) is 34.2. The lowest BCUT2D eigenvalue weighted by atomic mass is 10.0. The Bertz CT molecular complexity index is 359. The van der Waals surface area contributed by atoms with Crippen LogP contribution < -0.4 is 5.73 Å². The van der Waals surface area contributed by atoms with Crippen molar-refractivity contribution in [2.75, 3.05) is 0 Å². The molecule has 16 heavy (non-hydrogen) atoms. The van der Waals surface area contributed by atoms with Crippen molar-refractivity contribution in [3.63, 3.8) is 0 Å². The van der Waals surface area contributed by atoms with Gasteiger partial charge in [-0.3, -0.25) is 4.98 Å². The summed E-state index contributed by atoms with van der Waals surface area (Å²) in [5, 5.41) is 0. The van der Waals surface area contributed by atoms with Gasteiger partial charge in [0.1, 0.15) is 0 Å². The first-order chi connectivity index (χ1) is 7.77. The van der Waals surface area contributed by atoms with Gasteiger partial charge < -0.3 is 5.73 Å². The van der Waals surface area contributed by atoms with E-state index in [1.165, 1.54) is 31.2 Å². The highest BCUT2D eigenvalue weighted by Crippen LogP contribution is 2.59. The molecule has 0 bridgehead atoms. The molecule has 1 heterocycles. The third kappa shape index (κ3) is 1.65. The standard InChI is InChI=1S/C14H20N2/c1-9-6-7-10(8-16-9)14(15)13-11-4-2-3-5-12(11)13/h6-8,11-14H,2-5,15H2,1H3. The minimum Gasteiger partial charge on any atom is -0.324 e. The summed E-state index contributed by atoms with van der Waals surface area (Å²) >= 11 is 0. The topological polar surface area (TPSA) is 38.9 Å². The van der Waals surface area contributed by atoms with Gasteiger partial charge in [0.15, 0.2) is 0 Å². The predicted octanol–water partition coefficient (Wildman–Crippen LogP) is 2.83. The summed E-state index contributed by atoms with van der Waals surface area (Å²) in [7, 11) is 0. The highest BCUT2D eigenvalue weighted by molar-refractivity contribution is 5.21. The van der Waals surface area contributed by atoms with Crippen LogP contribution in [0.1, 0.15) is 43.0 Å². The molecule has 0 radical (unpaired) electrons. The van der Waals surface area contributed by atoms with Gasteiger partial charge in [0.05, 0.1) is 0 Å². The molecule has 86 valence electrons. The Morgan fingerprint density at radius 1 is 1.25 bits per heavy atom. The second kappa shape index (κ2) is 3.85. The number of rotatable bonds is 2. The lowest BCUT2D eigenvalue weighted by molar-refractivity contribution is 0.480. The van der Waals surface area contributed by atoms with E-state index in [-0.39, 0.29) is 6.04 Å². The van der Waals surface area contributed by atoms with Crippen molar-refractivity contribution in [2.24, 2.45) is 23.5 Å². The van der Waals surface area contributed by atoms with Crippen LogP contribution in [0.25, 0.3) is 0 Å². The zero-order chi connectivity index (χ0) is 11.1. The number of aromatic nitrogens is 1. The van der Waals surface area contributed by atoms with E-state index in [1.807, 2.05) is 13.1 Å². The SMILES string of the molecule is Cc1ccc(C(N)C2C3CCCCC32)cn1. The summed E-state index contributed by atoms with van der Waals surface area (Å²) in [6.45, 7) is 2.02. The Hall–Kier alpha value is -0.890. The first-order valence-electron chi connectivity index (χ1n) is 6.45. The summed E-state index contributed by atoms with van der Waals surface area (Å²) in [5.74, 6) is 2.59. The first-order valence-corrected chi connectivity index (χ1v) is 6.45. The Morgan fingerprint density at radius 3 is 2.50 bits per heavy atom. The Morgan fingerprint density at radius 2 is 1.94 bits per heavy atom. The molecule has 0 spiro atoms. The number of nitrogens with two attached hydrogens (primary N) is 1. The zero-order valence-corrected chi connectivity index (χ0v) is 9.89. The van der Waals surface area contributed by atoms with Crippen molar-refractivity contribution in [2.45, 2.75) is 38.6 Å². The molecule has 2 nitrogen and oxygen atoms in total. The van der Waals surface area contributed by atoms with Crippen molar-refractivity contribution >= 4 is 0 Å². The van der Waals surface area contributed by atoms with Crippen molar-refractivity contribution in [3.05, 3.63) is 29.6 Å². The maximum absolute atomic E-state index is 6.37. The first kappa shape index (κ1) is 10.3. The number of nitrogens with zero attached hydrogens (tertiary/aromatic N) is 1. The Balaban J connectivity index is 1.74. The van der Waals surface area contributed by atoms with E-state index in [4.69, 9.17) is 5.73 Å². The van der Waals surface area contributed by atoms with Gasteiger partial charge in [-0.2, -0.15) is 0 Å². The molecule has 0 aromatic carbocycles. The van der Waals surface area contributed by atoms with Gasteiger partial charge in [0, 0.05) is 17.9 Å². The molecular weight excluding hydrogens is 196 g/mol. The summed E-state index contributed by atoms with van der Waals surface area (Å²) in [6, 6.07) is 4.44. The van der Waals surface area contributed by atoms with Gasteiger partial charge in [-0.1, -0.05) is 18.9 Å². The summed E-state index contributed by atoms with van der Waals surface area (Å²) in [6.07, 6.45) is 7.60. The van der Waals surface area contributed by atoms with E-state index in [1.54, 1.807) is 0 Å². The smallest absolute Gasteiger partial charge is 0.0372 e. The molecule has 3 atom stereocenters. The van der Waals surface area contributed by atoms with Crippen molar-refractivity contribution in [3.8, 4) is 0 Å². The highest BCUT2D eigenvalue weighted by atomic mass is 14.8. The van der Waals surface area contributed by atoms with E-state index >= 15 is 0 Å². The number of fused-ring (bicyclic) bond motifs is 1. The third-order valence-corrected chi connectivity index (χ3v) is 4.46. The number of hydrogen-bond donors (Lipinski definition) is 1. The van der Waals surface area contributed by atoms with Crippen LogP contribution in [0.15, 0.2) is 18.3 Å². The molecule has 2 aliphatic rings. The predicted molar refractivity (Wildman–Crippen MR) is 64.8 cm³/mol. The summed E-state index contributed by atoms with van der Waals surface area (Å²) in [4.78, 5) is 4.35. The van der Waals surface area contributed by atoms with E-state index in [2.05, 4.69) is 17.1 Å². The van der Waals surface area contributed by atoms with Crippen LogP contribution in [0.5, 0.6) is 0 Å². The van der Waals surface area contributed by atoms with E-state index in [0.717, 1.165) is 23.4 Å². The highest BCUT2D eigenvalue weighted by Gasteiger charge is 2.53. The minimum absolute atomic E-state index is 0.223. The van der Waals surface area contributed by atoms with Gasteiger partial charge in [-0.15, -0.1) is 0 Å². The fraction of sp³-hybridized carbons (Fsp3) is 0.643. The second-order valence-electron chi connectivity index (χ2n) is 5.45. The average Bonchev–Trinajstić information content (AvgIpc) is 3.03. The van der Waals surface area contributed by atoms with Gasteiger partial charge >= 0.3 is 0 Å². The van der Waals surface area contributed by atoms with Gasteiger partial charge in [-0.25, -0.2) is 0 Å². The van der Waals surface area contributed by atoms with Gasteiger partial charge in [0.2, 0.25) is 0 Å². The van der Waals surface area contributed by atoms with Crippen LogP contribution in [0, 0.1) is 24.7 Å². The minimum atomic E-state index is 0.223. The van der Waals surface area contributed by atoms with Gasteiger partial charge in [0.25, 0.3) is 0 Å². The van der Waals surface area contributed by atoms with Crippen LogP contribution in [-0.4, -0.2) is 4.98 Å². The molecule has 3 unspecified atom stereocenters. The fourth-order valence-electron chi connectivity index (χ4n) is 3.48. The van der Waals surface area contributed by atoms with Crippen LogP contribution in [-0.2, 0) is 0 Å². The quantitative estimate of drug-likeness (QED) is 0.825. The third-order valence-electron chi connectivity index (χ3n) is 4.46. The zero-order valence-electron chi connectivity index (χ0n) is 9.89. The van der Waals surface area contributed by atoms with E-state index in [0.29, 0.717) is 0 Å². The maximum Gasteiger partial charge on any atom is 0.0372 e. The van der Waals surface area contributed by atoms with Crippen LogP contribution >= 0.6 is 0 Å². The second-order valence-corrected chi connectivity index (χ2v) is 5.45. The molecule has 0 amide bonds. The molecular formula is C14H20N2. The largest absolute Gasteiger partial charge is 0.324 e. The van der Waals surface area contributed by atoms with Crippen LogP contribution in [0.4, 0.5) is 0 Å². The molecule has 2 saturated carbocycles. The lowest BCUT2D eigenvalue weighted by Crippen LogP contribution is -2.14. The van der Waals surface area contributed by atoms with Crippen molar-refractivity contribution in [1.29, 1.82) is 0 Å². The molecule has 0 saturated heterocycles. The molecule has 2 fully saturated rings. The fourth-order valence-corrected chi connectivity index (χ4v) is 3.48. The van der Waals surface area contributed by atoms with E-state index < -0.39 is 0 Å². The maximum atomic E-state index is 6.37. The molecule has 1 aromatic heterocycles. The van der Waals surface area contributed by atoms with Crippen molar-refractivity contribution in [1.82, 2.24) is 4.98 Å². The molecule has 2 aliphatic carbocycles. The van der Waals surface area contributed by atoms with E-state index in [9.17, 15) is 0 Å². The molecule has 1 aromatic rings. The van der Waals surface area contributed by atoms with Gasteiger partial charge in [-0.05, 0) is 49.1 Å². The average molecular weight is 216 g/mol. The summed E-state index contributed by atoms with van der Waals surface area (Å²) < 4.78 is 0. The monoisotopic (exact) mass is 216 g/mol. The van der Waals surface area contributed by atoms with Crippen LogP contribution in [0.3, 0.4) is 0 Å². The summed E-state index contributed by atoms with van der Waals surface area (Å²) in [5.41, 5.74) is 8.67. The molecule has 2 N–H and O–H groups in total. The number of hydrogen-bond acceptors (Lipinski definition) is 2. The molecule has 3 rings (SSSR count). The lowest BCUT2D eigenvalue weighted by Gasteiger charge is -2.11. The van der Waals surface area contributed by atoms with Crippen LogP contribution in [0.2, 0.25) is 0 Å². The number of aryl methyl sites for hydroxylation is 1. The Labute approximate surface area is 97.3 Å². The Kier molecular flexibility index (Phi) is 2.47. The molecule has 0 aliphatic heterocycles. The number of pyridine rings is 1. The molecule has 2 heteroatoms.